The number of benzene rings is 3. The van der Waals surface area contributed by atoms with Crippen LogP contribution in [0.2, 0.25) is 5.02 Å². The van der Waals surface area contributed by atoms with Crippen molar-refractivity contribution in [1.29, 1.82) is 0 Å². The third-order valence-corrected chi connectivity index (χ3v) is 6.79. The molecule has 0 N–H and O–H groups in total. The lowest BCUT2D eigenvalue weighted by Gasteiger charge is -2.26. The van der Waals surface area contributed by atoms with Gasteiger partial charge in [0.1, 0.15) is 5.75 Å². The predicted molar refractivity (Wildman–Crippen MR) is 123 cm³/mol. The lowest BCUT2D eigenvalue weighted by molar-refractivity contribution is -0.123. The molecule has 0 fully saturated rings. The highest BCUT2D eigenvalue weighted by Crippen LogP contribution is 2.28. The van der Waals surface area contributed by atoms with Gasteiger partial charge in [0, 0.05) is 5.02 Å². The van der Waals surface area contributed by atoms with Gasteiger partial charge in [0.25, 0.3) is 15.9 Å². The van der Waals surface area contributed by atoms with Crippen molar-refractivity contribution in [2.45, 2.75) is 38.7 Å². The van der Waals surface area contributed by atoms with Gasteiger partial charge < -0.3 is 4.74 Å². The van der Waals surface area contributed by atoms with E-state index in [4.69, 9.17) is 16.3 Å². The lowest BCUT2D eigenvalue weighted by atomic mass is 10.2. The number of carbonyl (C=O) groups excluding carboxylic acids is 1. The Hall–Kier alpha value is -2.83. The van der Waals surface area contributed by atoms with Gasteiger partial charge in [-0.2, -0.15) is 4.31 Å². The molecular formula is C24H24ClNO4S. The summed E-state index contributed by atoms with van der Waals surface area (Å²) in [4.78, 5) is 13.4. The number of sulfonamides is 1. The maximum absolute atomic E-state index is 13.5. The first-order chi connectivity index (χ1) is 14.6. The van der Waals surface area contributed by atoms with E-state index in [1.807, 2.05) is 13.8 Å². The topological polar surface area (TPSA) is 63.7 Å². The maximum Gasteiger partial charge on any atom is 0.281 e. The minimum Gasteiger partial charge on any atom is -0.481 e. The fourth-order valence-electron chi connectivity index (χ4n) is 3.03. The van der Waals surface area contributed by atoms with E-state index < -0.39 is 22.0 Å². The highest BCUT2D eigenvalue weighted by molar-refractivity contribution is 7.93. The van der Waals surface area contributed by atoms with Crippen molar-refractivity contribution in [3.63, 3.8) is 0 Å². The van der Waals surface area contributed by atoms with Gasteiger partial charge in [0.15, 0.2) is 6.10 Å². The van der Waals surface area contributed by atoms with E-state index in [-0.39, 0.29) is 10.6 Å². The summed E-state index contributed by atoms with van der Waals surface area (Å²) in [6.07, 6.45) is -1.05. The van der Waals surface area contributed by atoms with Crippen molar-refractivity contribution < 1.29 is 17.9 Å². The molecule has 5 nitrogen and oxygen atoms in total. The molecule has 1 atom stereocenters. The molecule has 7 heteroatoms. The van der Waals surface area contributed by atoms with E-state index in [1.165, 1.54) is 19.1 Å². The molecule has 3 aromatic carbocycles. The Bertz CT molecular complexity index is 1190. The Balaban J connectivity index is 2.02. The van der Waals surface area contributed by atoms with Crippen LogP contribution in [-0.2, 0) is 14.8 Å². The molecule has 31 heavy (non-hydrogen) atoms. The van der Waals surface area contributed by atoms with Gasteiger partial charge in [-0.05, 0) is 75.7 Å². The number of hydrogen-bond donors (Lipinski definition) is 0. The third kappa shape index (κ3) is 5.09. The molecule has 0 spiro atoms. The fourth-order valence-corrected chi connectivity index (χ4v) is 4.73. The van der Waals surface area contributed by atoms with E-state index in [9.17, 15) is 13.2 Å². The van der Waals surface area contributed by atoms with E-state index in [2.05, 4.69) is 0 Å². The van der Waals surface area contributed by atoms with Crippen molar-refractivity contribution in [3.8, 4) is 5.75 Å². The number of carbonyl (C=O) groups is 1. The minimum absolute atomic E-state index is 0.0295. The number of ether oxygens (including phenoxy) is 1. The number of halogens is 1. The zero-order valence-electron chi connectivity index (χ0n) is 17.8. The van der Waals surface area contributed by atoms with Gasteiger partial charge in [0.2, 0.25) is 0 Å². The third-order valence-electron chi connectivity index (χ3n) is 4.82. The largest absolute Gasteiger partial charge is 0.481 e. The van der Waals surface area contributed by atoms with E-state index >= 15 is 0 Å². The van der Waals surface area contributed by atoms with Crippen LogP contribution in [0.3, 0.4) is 0 Å². The van der Waals surface area contributed by atoms with Crippen molar-refractivity contribution in [1.82, 2.24) is 0 Å². The summed E-state index contributed by atoms with van der Waals surface area (Å²) in [5.41, 5.74) is 2.86. The molecule has 0 bridgehead atoms. The molecule has 162 valence electrons. The molecule has 3 rings (SSSR count). The molecule has 0 saturated carbocycles. The number of hydrogen-bond acceptors (Lipinski definition) is 4. The molecule has 0 heterocycles. The smallest absolute Gasteiger partial charge is 0.281 e. The summed E-state index contributed by atoms with van der Waals surface area (Å²) in [6.45, 7) is 7.09. The summed E-state index contributed by atoms with van der Waals surface area (Å²) in [7, 11) is -4.15. The van der Waals surface area contributed by atoms with Crippen LogP contribution < -0.4 is 9.04 Å². The highest BCUT2D eigenvalue weighted by Gasteiger charge is 2.35. The lowest BCUT2D eigenvalue weighted by Crippen LogP contribution is -2.44. The number of aryl methyl sites for hydroxylation is 3. The monoisotopic (exact) mass is 457 g/mol. The summed E-state index contributed by atoms with van der Waals surface area (Å²) in [6, 6.07) is 18.1. The van der Waals surface area contributed by atoms with Crippen LogP contribution in [0.15, 0.2) is 71.6 Å². The molecule has 0 radical (unpaired) electrons. The second kappa shape index (κ2) is 9.12. The highest BCUT2D eigenvalue weighted by atomic mass is 35.5. The average molecular weight is 458 g/mol. The Morgan fingerprint density at radius 3 is 2.00 bits per heavy atom. The summed E-state index contributed by atoms with van der Waals surface area (Å²) in [5.74, 6) is -0.236. The second-order valence-electron chi connectivity index (χ2n) is 7.43. The van der Waals surface area contributed by atoms with Gasteiger partial charge >= 0.3 is 0 Å². The van der Waals surface area contributed by atoms with Crippen LogP contribution in [0, 0.1) is 20.8 Å². The zero-order chi connectivity index (χ0) is 22.8. The zero-order valence-corrected chi connectivity index (χ0v) is 19.4. The first-order valence-corrected chi connectivity index (χ1v) is 11.6. The van der Waals surface area contributed by atoms with Crippen LogP contribution in [0.25, 0.3) is 0 Å². The van der Waals surface area contributed by atoms with Crippen LogP contribution in [0.5, 0.6) is 5.75 Å². The van der Waals surface area contributed by atoms with Crippen LogP contribution >= 0.6 is 11.6 Å². The molecule has 1 amide bonds. The first-order valence-electron chi connectivity index (χ1n) is 9.75. The molecule has 0 aromatic heterocycles. The van der Waals surface area contributed by atoms with Crippen LogP contribution in [-0.4, -0.2) is 20.4 Å². The van der Waals surface area contributed by atoms with E-state index in [0.29, 0.717) is 10.8 Å². The number of nitrogens with zero attached hydrogens (tertiary/aromatic N) is 1. The van der Waals surface area contributed by atoms with Crippen LogP contribution in [0.4, 0.5) is 5.69 Å². The van der Waals surface area contributed by atoms with Crippen molar-refractivity contribution in [3.05, 3.63) is 88.4 Å². The normalized spacial score (nSPS) is 12.3. The molecule has 0 aliphatic heterocycles. The second-order valence-corrected chi connectivity index (χ2v) is 9.65. The first kappa shape index (κ1) is 22.8. The fraction of sp³-hybridized carbons (Fsp3) is 0.208. The Kier molecular flexibility index (Phi) is 6.72. The SMILES string of the molecule is Cc1ccc(N(C(=O)C(C)Oc2ccc(Cl)cc2C)S(=O)(=O)c2ccc(C)cc2)cc1. The standard InChI is InChI=1S/C24H24ClNO4S/c1-16-5-10-21(11-6-16)26(31(28,29)22-12-7-17(2)8-13-22)24(27)19(4)30-23-14-9-20(25)15-18(23)3/h5-15,19H,1-4H3. The van der Waals surface area contributed by atoms with E-state index in [0.717, 1.165) is 21.0 Å². The molecular weight excluding hydrogens is 434 g/mol. The van der Waals surface area contributed by atoms with Gasteiger partial charge in [0.05, 0.1) is 10.6 Å². The number of rotatable bonds is 6. The maximum atomic E-state index is 13.5. The number of anilines is 1. The average Bonchev–Trinajstić information content (AvgIpc) is 2.71. The van der Waals surface area contributed by atoms with Crippen molar-refractivity contribution >= 4 is 33.2 Å². The van der Waals surface area contributed by atoms with Crippen molar-refractivity contribution in [2.24, 2.45) is 0 Å². The molecule has 1 unspecified atom stereocenters. The molecule has 3 aromatic rings. The Morgan fingerprint density at radius 1 is 0.903 bits per heavy atom. The van der Waals surface area contributed by atoms with Crippen LogP contribution in [0.1, 0.15) is 23.6 Å². The van der Waals surface area contributed by atoms with Gasteiger partial charge in [-0.1, -0.05) is 47.0 Å². The number of amides is 1. The summed E-state index contributed by atoms with van der Waals surface area (Å²) < 4.78 is 33.6. The minimum atomic E-state index is -4.15. The Morgan fingerprint density at radius 2 is 1.45 bits per heavy atom. The Labute approximate surface area is 188 Å². The molecule has 0 aliphatic carbocycles. The summed E-state index contributed by atoms with van der Waals surface area (Å²) in [5, 5.41) is 0.548. The molecule has 0 aliphatic rings. The van der Waals surface area contributed by atoms with E-state index in [1.54, 1.807) is 61.5 Å². The van der Waals surface area contributed by atoms with Crippen molar-refractivity contribution in [2.75, 3.05) is 4.31 Å². The quantitative estimate of drug-likeness (QED) is 0.493. The van der Waals surface area contributed by atoms with Gasteiger partial charge in [-0.15, -0.1) is 0 Å². The van der Waals surface area contributed by atoms with Gasteiger partial charge in [-0.3, -0.25) is 4.79 Å². The molecule has 0 saturated heterocycles. The van der Waals surface area contributed by atoms with Gasteiger partial charge in [-0.25, -0.2) is 8.42 Å². The predicted octanol–water partition coefficient (Wildman–Crippen LogP) is 5.45. The summed E-state index contributed by atoms with van der Waals surface area (Å²) >= 11 is 5.99.